The highest BCUT2D eigenvalue weighted by Crippen LogP contribution is 2.37. The summed E-state index contributed by atoms with van der Waals surface area (Å²) < 4.78 is 2.66. The summed E-state index contributed by atoms with van der Waals surface area (Å²) in [6.07, 6.45) is 8.60. The van der Waals surface area contributed by atoms with Crippen molar-refractivity contribution in [1.29, 1.82) is 0 Å². The SMILES string of the molecule is Cn1cc(-c2cnc(N)c3c(C(=O)NC4CCC(NC(=O)Nc5ccccc5)CC4)csc23)cn1. The second-order valence-electron chi connectivity index (χ2n) is 8.80. The number of nitrogens with zero attached hydrogens (tertiary/aromatic N) is 3. The van der Waals surface area contributed by atoms with Crippen molar-refractivity contribution in [2.45, 2.75) is 37.8 Å². The first-order valence-corrected chi connectivity index (χ1v) is 12.4. The van der Waals surface area contributed by atoms with Gasteiger partial charge in [0, 0.05) is 63.8 Å². The summed E-state index contributed by atoms with van der Waals surface area (Å²) in [5.74, 6) is 0.197. The van der Waals surface area contributed by atoms with Crippen LogP contribution in [0.4, 0.5) is 16.3 Å². The third-order valence-corrected chi connectivity index (χ3v) is 7.33. The molecule has 0 bridgehead atoms. The third-order valence-electron chi connectivity index (χ3n) is 6.31. The lowest BCUT2D eigenvalue weighted by Gasteiger charge is -2.29. The lowest BCUT2D eigenvalue weighted by atomic mass is 9.91. The molecule has 3 amide bonds. The fourth-order valence-electron chi connectivity index (χ4n) is 4.52. The zero-order valence-electron chi connectivity index (χ0n) is 19.3. The predicted octanol–water partition coefficient (Wildman–Crippen LogP) is 4.14. The average Bonchev–Trinajstić information content (AvgIpc) is 3.49. The maximum absolute atomic E-state index is 13.2. The van der Waals surface area contributed by atoms with Crippen molar-refractivity contribution in [3.8, 4) is 11.1 Å². The quantitative estimate of drug-likeness (QED) is 0.335. The van der Waals surface area contributed by atoms with Crippen LogP contribution >= 0.6 is 11.3 Å². The number of pyridine rings is 1. The summed E-state index contributed by atoms with van der Waals surface area (Å²) in [6, 6.07) is 9.28. The van der Waals surface area contributed by atoms with Crippen LogP contribution in [0.1, 0.15) is 36.0 Å². The van der Waals surface area contributed by atoms with E-state index in [1.54, 1.807) is 17.1 Å². The summed E-state index contributed by atoms with van der Waals surface area (Å²) in [7, 11) is 1.86. The first-order chi connectivity index (χ1) is 17.0. The molecule has 1 saturated carbocycles. The number of carbonyl (C=O) groups is 2. The predicted molar refractivity (Wildman–Crippen MR) is 138 cm³/mol. The molecule has 5 rings (SSSR count). The highest BCUT2D eigenvalue weighted by atomic mass is 32.1. The molecule has 35 heavy (non-hydrogen) atoms. The summed E-state index contributed by atoms with van der Waals surface area (Å²) >= 11 is 1.48. The Hall–Kier alpha value is -3.92. The van der Waals surface area contributed by atoms with Crippen molar-refractivity contribution in [2.75, 3.05) is 11.1 Å². The molecule has 1 aliphatic rings. The number of benzene rings is 1. The van der Waals surface area contributed by atoms with E-state index in [0.29, 0.717) is 16.8 Å². The number of fused-ring (bicyclic) bond motifs is 1. The molecule has 1 aromatic carbocycles. The van der Waals surface area contributed by atoms with Crippen molar-refractivity contribution in [3.05, 3.63) is 59.9 Å². The number of para-hydroxylation sites is 1. The summed E-state index contributed by atoms with van der Waals surface area (Å²) in [6.45, 7) is 0. The van der Waals surface area contributed by atoms with Gasteiger partial charge in [-0.15, -0.1) is 11.3 Å². The fraction of sp³-hybridized carbons (Fsp3) is 0.280. The molecular formula is C25H27N7O2S. The second kappa shape index (κ2) is 9.75. The summed E-state index contributed by atoms with van der Waals surface area (Å²) in [4.78, 5) is 29.8. The monoisotopic (exact) mass is 489 g/mol. The average molecular weight is 490 g/mol. The largest absolute Gasteiger partial charge is 0.383 e. The van der Waals surface area contributed by atoms with Gasteiger partial charge in [0.1, 0.15) is 5.82 Å². The molecular weight excluding hydrogens is 462 g/mol. The first kappa shape index (κ1) is 22.9. The number of carbonyl (C=O) groups excluding carboxylic acids is 2. The third kappa shape index (κ3) is 4.97. The molecule has 180 valence electrons. The molecule has 0 radical (unpaired) electrons. The number of aromatic nitrogens is 3. The minimum atomic E-state index is -0.208. The van der Waals surface area contributed by atoms with Gasteiger partial charge in [0.2, 0.25) is 0 Å². The van der Waals surface area contributed by atoms with Gasteiger partial charge >= 0.3 is 6.03 Å². The lowest BCUT2D eigenvalue weighted by molar-refractivity contribution is 0.0926. The highest BCUT2D eigenvalue weighted by molar-refractivity contribution is 7.18. The number of thiophene rings is 1. The summed E-state index contributed by atoms with van der Waals surface area (Å²) in [5.41, 5.74) is 9.34. The number of nitrogen functional groups attached to an aromatic ring is 1. The maximum atomic E-state index is 13.2. The van der Waals surface area contributed by atoms with Gasteiger partial charge in [0.25, 0.3) is 5.91 Å². The van der Waals surface area contributed by atoms with Crippen molar-refractivity contribution in [2.24, 2.45) is 7.05 Å². The van der Waals surface area contributed by atoms with E-state index in [0.717, 1.165) is 47.2 Å². The minimum absolute atomic E-state index is 0.0448. The van der Waals surface area contributed by atoms with Gasteiger partial charge in [-0.25, -0.2) is 9.78 Å². The molecule has 9 nitrogen and oxygen atoms in total. The van der Waals surface area contributed by atoms with Gasteiger partial charge < -0.3 is 21.7 Å². The standard InChI is InChI=1S/C25H27N7O2S/c1-32-13-15(11-28-32)19-12-27-23(26)21-20(14-35-22(19)21)24(33)29-17-7-9-18(10-8-17)31-25(34)30-16-5-3-2-4-6-16/h2-6,11-14,17-18H,7-10H2,1H3,(H2,26,27)(H,29,33)(H2,30,31,34). The molecule has 0 unspecified atom stereocenters. The molecule has 10 heteroatoms. The van der Waals surface area contributed by atoms with Gasteiger partial charge in [-0.05, 0) is 37.8 Å². The van der Waals surface area contributed by atoms with Crippen LogP contribution in [0, 0.1) is 0 Å². The fourth-order valence-corrected chi connectivity index (χ4v) is 5.61. The number of aryl methyl sites for hydroxylation is 1. The van der Waals surface area contributed by atoms with Crippen LogP contribution in [-0.2, 0) is 7.05 Å². The van der Waals surface area contributed by atoms with E-state index in [-0.39, 0.29) is 24.0 Å². The van der Waals surface area contributed by atoms with E-state index in [1.165, 1.54) is 11.3 Å². The number of nitrogens with two attached hydrogens (primary N) is 1. The number of rotatable bonds is 5. The van der Waals surface area contributed by atoms with Gasteiger partial charge in [0.05, 0.1) is 11.8 Å². The Morgan fingerprint density at radius 1 is 1.06 bits per heavy atom. The zero-order valence-corrected chi connectivity index (χ0v) is 20.1. The second-order valence-corrected chi connectivity index (χ2v) is 9.68. The number of hydrogen-bond acceptors (Lipinski definition) is 6. The Morgan fingerprint density at radius 3 is 2.46 bits per heavy atom. The Morgan fingerprint density at radius 2 is 1.77 bits per heavy atom. The van der Waals surface area contributed by atoms with Crippen LogP contribution < -0.4 is 21.7 Å². The number of amides is 3. The molecule has 3 heterocycles. The maximum Gasteiger partial charge on any atom is 0.319 e. The minimum Gasteiger partial charge on any atom is -0.383 e. The smallest absolute Gasteiger partial charge is 0.319 e. The van der Waals surface area contributed by atoms with Crippen molar-refractivity contribution >= 4 is 44.9 Å². The zero-order chi connectivity index (χ0) is 24.4. The van der Waals surface area contributed by atoms with E-state index in [4.69, 9.17) is 5.73 Å². The molecule has 0 saturated heterocycles. The van der Waals surface area contributed by atoms with Crippen LogP contribution in [0.5, 0.6) is 0 Å². The Balaban J connectivity index is 1.21. The molecule has 3 aromatic heterocycles. The van der Waals surface area contributed by atoms with E-state index in [2.05, 4.69) is 26.0 Å². The normalized spacial score (nSPS) is 17.7. The van der Waals surface area contributed by atoms with Crippen LogP contribution in [0.3, 0.4) is 0 Å². The van der Waals surface area contributed by atoms with Gasteiger partial charge in [-0.3, -0.25) is 9.48 Å². The van der Waals surface area contributed by atoms with Crippen LogP contribution in [-0.4, -0.2) is 38.8 Å². The molecule has 0 aliphatic heterocycles. The van der Waals surface area contributed by atoms with Crippen molar-refractivity contribution < 1.29 is 9.59 Å². The number of urea groups is 1. The highest BCUT2D eigenvalue weighted by Gasteiger charge is 2.26. The van der Waals surface area contributed by atoms with E-state index < -0.39 is 0 Å². The first-order valence-electron chi connectivity index (χ1n) is 11.6. The van der Waals surface area contributed by atoms with Gasteiger partial charge in [-0.1, -0.05) is 18.2 Å². The molecule has 5 N–H and O–H groups in total. The van der Waals surface area contributed by atoms with Crippen LogP contribution in [0.15, 0.2) is 54.3 Å². The Bertz CT molecular complexity index is 1360. The van der Waals surface area contributed by atoms with Crippen molar-refractivity contribution in [3.63, 3.8) is 0 Å². The van der Waals surface area contributed by atoms with Gasteiger partial charge in [-0.2, -0.15) is 5.10 Å². The molecule has 1 aliphatic carbocycles. The van der Waals surface area contributed by atoms with Crippen LogP contribution in [0.25, 0.3) is 21.2 Å². The number of nitrogens with one attached hydrogen (secondary N) is 3. The topological polar surface area (TPSA) is 127 Å². The molecule has 0 atom stereocenters. The van der Waals surface area contributed by atoms with Crippen LogP contribution in [0.2, 0.25) is 0 Å². The van der Waals surface area contributed by atoms with E-state index in [1.807, 2.05) is 49.0 Å². The Kier molecular flexibility index (Phi) is 6.37. The van der Waals surface area contributed by atoms with E-state index in [9.17, 15) is 9.59 Å². The molecule has 4 aromatic rings. The number of hydrogen-bond donors (Lipinski definition) is 4. The lowest BCUT2D eigenvalue weighted by Crippen LogP contribution is -2.44. The van der Waals surface area contributed by atoms with Gasteiger partial charge in [0.15, 0.2) is 0 Å². The molecule has 0 spiro atoms. The van der Waals surface area contributed by atoms with Crippen molar-refractivity contribution in [1.82, 2.24) is 25.4 Å². The molecule has 1 fully saturated rings. The number of anilines is 2. The summed E-state index contributed by atoms with van der Waals surface area (Å²) in [5, 5.41) is 15.8. The van der Waals surface area contributed by atoms with E-state index >= 15 is 0 Å². The Labute approximate surface area is 206 Å².